The van der Waals surface area contributed by atoms with Crippen molar-refractivity contribution in [3.05, 3.63) is 52.5 Å². The van der Waals surface area contributed by atoms with Gasteiger partial charge >= 0.3 is 0 Å². The van der Waals surface area contributed by atoms with E-state index in [9.17, 15) is 14.7 Å². The molecule has 2 N–H and O–H groups in total. The average Bonchev–Trinajstić information content (AvgIpc) is 2.93. The molecule has 8 heteroatoms. The maximum absolute atomic E-state index is 13.2. The highest BCUT2D eigenvalue weighted by atomic mass is 35.5. The van der Waals surface area contributed by atoms with E-state index in [1.807, 2.05) is 30.3 Å². The van der Waals surface area contributed by atoms with Gasteiger partial charge in [0.25, 0.3) is 5.91 Å². The van der Waals surface area contributed by atoms with Gasteiger partial charge in [-0.25, -0.2) is 0 Å². The van der Waals surface area contributed by atoms with E-state index in [0.29, 0.717) is 37.1 Å². The highest BCUT2D eigenvalue weighted by Crippen LogP contribution is 2.39. The van der Waals surface area contributed by atoms with Crippen molar-refractivity contribution < 1.29 is 24.2 Å². The molecule has 0 spiro atoms. The molecule has 0 bridgehead atoms. The van der Waals surface area contributed by atoms with Crippen LogP contribution in [-0.4, -0.2) is 54.2 Å². The summed E-state index contributed by atoms with van der Waals surface area (Å²) in [5.74, 6) is 0.525. The molecular formula is C30H39ClN2O5. The monoisotopic (exact) mass is 542 g/mol. The van der Waals surface area contributed by atoms with Gasteiger partial charge < -0.3 is 24.8 Å². The predicted molar refractivity (Wildman–Crippen MR) is 149 cm³/mol. The van der Waals surface area contributed by atoms with Gasteiger partial charge in [-0.2, -0.15) is 0 Å². The summed E-state index contributed by atoms with van der Waals surface area (Å²) in [6.07, 6.45) is 10.7. The average molecular weight is 543 g/mol. The number of aromatic hydroxyl groups is 1. The normalized spacial score (nSPS) is 15.4. The molecule has 2 aliphatic rings. The van der Waals surface area contributed by atoms with Gasteiger partial charge in [0.1, 0.15) is 11.4 Å². The number of hydrogen-bond acceptors (Lipinski definition) is 5. The molecule has 1 fully saturated rings. The van der Waals surface area contributed by atoms with E-state index in [2.05, 4.69) is 10.2 Å². The van der Waals surface area contributed by atoms with Crippen molar-refractivity contribution in [2.24, 2.45) is 0 Å². The van der Waals surface area contributed by atoms with Crippen molar-refractivity contribution >= 4 is 29.1 Å². The molecule has 38 heavy (non-hydrogen) atoms. The van der Waals surface area contributed by atoms with Crippen LogP contribution in [0.5, 0.6) is 11.5 Å². The Bertz CT molecular complexity index is 1070. The lowest BCUT2D eigenvalue weighted by Gasteiger charge is -2.34. The first-order valence-corrected chi connectivity index (χ1v) is 14.3. The van der Waals surface area contributed by atoms with Gasteiger partial charge in [0.2, 0.25) is 5.91 Å². The Hall–Kier alpha value is -2.77. The van der Waals surface area contributed by atoms with Crippen LogP contribution in [0.3, 0.4) is 0 Å². The minimum absolute atomic E-state index is 0.0207. The zero-order valence-corrected chi connectivity index (χ0v) is 22.8. The Morgan fingerprint density at radius 3 is 2.61 bits per heavy atom. The number of hydrogen-bond donors (Lipinski definition) is 2. The highest BCUT2D eigenvalue weighted by Gasteiger charge is 2.25. The largest absolute Gasteiger partial charge is 0.506 e. The van der Waals surface area contributed by atoms with Crippen LogP contribution in [0, 0.1) is 0 Å². The van der Waals surface area contributed by atoms with Gasteiger partial charge in [0.15, 0.2) is 12.4 Å². The number of ether oxygens (including phenoxy) is 2. The number of carbonyl (C=O) groups is 2. The smallest absolute Gasteiger partial charge is 0.262 e. The van der Waals surface area contributed by atoms with Gasteiger partial charge in [0.05, 0.1) is 19.6 Å². The van der Waals surface area contributed by atoms with E-state index >= 15 is 0 Å². The van der Waals surface area contributed by atoms with Crippen molar-refractivity contribution in [3.63, 3.8) is 0 Å². The number of benzene rings is 2. The van der Waals surface area contributed by atoms with E-state index < -0.39 is 0 Å². The molecule has 2 amide bonds. The van der Waals surface area contributed by atoms with Crippen molar-refractivity contribution in [2.75, 3.05) is 31.7 Å². The zero-order chi connectivity index (χ0) is 26.7. The molecular weight excluding hydrogens is 504 g/mol. The summed E-state index contributed by atoms with van der Waals surface area (Å²) in [5, 5.41) is 13.5. The standard InChI is InChI=1S/C30H39ClN2O5/c31-24-13-10-22(11-14-24)16-19-37-20-17-28(36)33(25-8-4-1-5-9-25)18-6-2-3-7-23-12-15-26(34)29-30(23)38-21-27(35)32-29/h10-15,25,34H,1-9,16-21H2,(H,32,35). The van der Waals surface area contributed by atoms with Crippen molar-refractivity contribution in [1.82, 2.24) is 4.90 Å². The minimum atomic E-state index is -0.260. The fourth-order valence-corrected chi connectivity index (χ4v) is 5.46. The Kier molecular flexibility index (Phi) is 10.7. The first-order valence-electron chi connectivity index (χ1n) is 13.9. The number of phenols is 1. The number of unbranched alkanes of at least 4 members (excludes halogenated alkanes) is 2. The molecule has 0 atom stereocenters. The number of fused-ring (bicyclic) bond motifs is 1. The first-order chi connectivity index (χ1) is 18.5. The van der Waals surface area contributed by atoms with Gasteiger partial charge in [-0.3, -0.25) is 9.59 Å². The number of aryl methyl sites for hydroxylation is 1. The van der Waals surface area contributed by atoms with Gasteiger partial charge in [-0.05, 0) is 67.9 Å². The van der Waals surface area contributed by atoms with E-state index in [1.165, 1.54) is 24.8 Å². The second-order valence-electron chi connectivity index (χ2n) is 10.2. The maximum atomic E-state index is 13.2. The van der Waals surface area contributed by atoms with Crippen LogP contribution in [0.1, 0.15) is 68.9 Å². The molecule has 2 aromatic rings. The van der Waals surface area contributed by atoms with Gasteiger partial charge in [-0.1, -0.05) is 55.5 Å². The number of phenolic OH excluding ortho intramolecular Hbond substituents is 1. The summed E-state index contributed by atoms with van der Waals surface area (Å²) in [7, 11) is 0. The summed E-state index contributed by atoms with van der Waals surface area (Å²) < 4.78 is 11.4. The quantitative estimate of drug-likeness (QED) is 0.243. The van der Waals surface area contributed by atoms with Gasteiger partial charge in [-0.15, -0.1) is 0 Å². The minimum Gasteiger partial charge on any atom is -0.506 e. The number of nitrogens with zero attached hydrogens (tertiary/aromatic N) is 1. The summed E-state index contributed by atoms with van der Waals surface area (Å²) in [4.78, 5) is 26.9. The molecule has 4 rings (SSSR count). The second-order valence-corrected chi connectivity index (χ2v) is 10.6. The lowest BCUT2D eigenvalue weighted by molar-refractivity contribution is -0.135. The van der Waals surface area contributed by atoms with E-state index in [4.69, 9.17) is 21.1 Å². The summed E-state index contributed by atoms with van der Waals surface area (Å²) in [6, 6.07) is 11.6. The Morgan fingerprint density at radius 2 is 1.82 bits per heavy atom. The fourth-order valence-electron chi connectivity index (χ4n) is 5.34. The van der Waals surface area contributed by atoms with Crippen LogP contribution in [0.4, 0.5) is 5.69 Å². The van der Waals surface area contributed by atoms with Crippen LogP contribution >= 0.6 is 11.6 Å². The number of anilines is 1. The second kappa shape index (κ2) is 14.4. The number of amides is 2. The number of carbonyl (C=O) groups excluding carboxylic acids is 2. The zero-order valence-electron chi connectivity index (χ0n) is 22.1. The Morgan fingerprint density at radius 1 is 1.03 bits per heavy atom. The third-order valence-electron chi connectivity index (χ3n) is 7.42. The number of rotatable bonds is 13. The molecule has 206 valence electrons. The van der Waals surface area contributed by atoms with Crippen LogP contribution < -0.4 is 10.1 Å². The molecule has 1 aliphatic carbocycles. The highest BCUT2D eigenvalue weighted by molar-refractivity contribution is 6.30. The molecule has 1 aliphatic heterocycles. The van der Waals surface area contributed by atoms with Gasteiger partial charge in [0, 0.05) is 17.6 Å². The number of nitrogens with one attached hydrogen (secondary N) is 1. The molecule has 0 saturated heterocycles. The maximum Gasteiger partial charge on any atom is 0.262 e. The van der Waals surface area contributed by atoms with Crippen LogP contribution in [0.2, 0.25) is 5.02 Å². The molecule has 7 nitrogen and oxygen atoms in total. The third kappa shape index (κ3) is 8.11. The molecule has 1 saturated carbocycles. The number of halogens is 1. The van der Waals surface area contributed by atoms with E-state index in [1.54, 1.807) is 6.07 Å². The lowest BCUT2D eigenvalue weighted by atomic mass is 9.93. The van der Waals surface area contributed by atoms with Crippen LogP contribution in [-0.2, 0) is 27.2 Å². The lowest BCUT2D eigenvalue weighted by Crippen LogP contribution is -2.42. The van der Waals surface area contributed by atoms with E-state index in [-0.39, 0.29) is 24.2 Å². The fraction of sp³-hybridized carbons (Fsp3) is 0.533. The molecule has 1 heterocycles. The topological polar surface area (TPSA) is 88.1 Å². The van der Waals surface area contributed by atoms with Crippen molar-refractivity contribution in [1.29, 1.82) is 0 Å². The SMILES string of the molecule is O=C1COc2c(CCCCCN(C(=O)CCOCCc3ccc(Cl)cc3)C3CCCCC3)ccc(O)c2N1. The molecule has 0 radical (unpaired) electrons. The first kappa shape index (κ1) is 28.2. The van der Waals surface area contributed by atoms with Crippen LogP contribution in [0.15, 0.2) is 36.4 Å². The summed E-state index contributed by atoms with van der Waals surface area (Å²) >= 11 is 5.94. The molecule has 2 aromatic carbocycles. The Labute approximate surface area is 230 Å². The molecule has 0 aromatic heterocycles. The predicted octanol–water partition coefficient (Wildman–Crippen LogP) is 5.90. The molecule has 0 unspecified atom stereocenters. The Balaban J connectivity index is 1.21. The van der Waals surface area contributed by atoms with E-state index in [0.717, 1.165) is 62.1 Å². The third-order valence-corrected chi connectivity index (χ3v) is 7.67. The van der Waals surface area contributed by atoms with Crippen molar-refractivity contribution in [3.8, 4) is 11.5 Å². The van der Waals surface area contributed by atoms with Crippen LogP contribution in [0.25, 0.3) is 0 Å². The summed E-state index contributed by atoms with van der Waals surface area (Å²) in [6.45, 7) is 1.77. The van der Waals surface area contributed by atoms with Crippen molar-refractivity contribution in [2.45, 2.75) is 76.7 Å². The summed E-state index contributed by atoms with van der Waals surface area (Å²) in [5.41, 5.74) is 2.52.